The Hall–Kier alpha value is -0.590. The molecule has 0 saturated heterocycles. The second-order valence-corrected chi connectivity index (χ2v) is 3.09. The Balaban J connectivity index is 2.25. The third-order valence-corrected chi connectivity index (χ3v) is 2.07. The van der Waals surface area contributed by atoms with Crippen molar-refractivity contribution in [3.8, 4) is 0 Å². The molecule has 11 heavy (non-hydrogen) atoms. The first-order valence-corrected chi connectivity index (χ1v) is 4.36. The number of hydrogen-bond donors (Lipinski definition) is 0. The van der Waals surface area contributed by atoms with Crippen LogP contribution in [0.3, 0.4) is 0 Å². The summed E-state index contributed by atoms with van der Waals surface area (Å²) in [5.41, 5.74) is 0. The summed E-state index contributed by atoms with van der Waals surface area (Å²) in [6.45, 7) is 2.18. The van der Waals surface area contributed by atoms with E-state index in [-0.39, 0.29) is 5.83 Å². The van der Waals surface area contributed by atoms with Gasteiger partial charge in [-0.2, -0.15) is 0 Å². The van der Waals surface area contributed by atoms with Crippen molar-refractivity contribution in [1.82, 2.24) is 0 Å². The molecule has 0 aromatic carbocycles. The van der Waals surface area contributed by atoms with Gasteiger partial charge in [-0.1, -0.05) is 25.8 Å². The minimum absolute atomic E-state index is 0.0715. The molecular weight excluding hydrogens is 139 g/mol. The Morgan fingerprint density at radius 2 is 2.45 bits per heavy atom. The van der Waals surface area contributed by atoms with E-state index in [9.17, 15) is 4.39 Å². The van der Waals surface area contributed by atoms with Crippen molar-refractivity contribution in [2.45, 2.75) is 32.6 Å². The molecule has 62 valence electrons. The highest BCUT2D eigenvalue weighted by Crippen LogP contribution is 2.21. The van der Waals surface area contributed by atoms with E-state index in [1.54, 1.807) is 12.2 Å². The van der Waals surface area contributed by atoms with Crippen LogP contribution in [0.25, 0.3) is 0 Å². The lowest BCUT2D eigenvalue weighted by Gasteiger charge is -2.12. The highest BCUT2D eigenvalue weighted by molar-refractivity contribution is 5.17. The van der Waals surface area contributed by atoms with Crippen LogP contribution in [0.5, 0.6) is 0 Å². The number of halogens is 1. The first-order valence-electron chi connectivity index (χ1n) is 4.36. The summed E-state index contributed by atoms with van der Waals surface area (Å²) in [5, 5.41) is 0. The van der Waals surface area contributed by atoms with E-state index in [1.807, 2.05) is 6.08 Å². The van der Waals surface area contributed by atoms with E-state index in [1.165, 1.54) is 19.3 Å². The molecule has 0 bridgehead atoms. The van der Waals surface area contributed by atoms with E-state index < -0.39 is 0 Å². The zero-order valence-corrected chi connectivity index (χ0v) is 7.02. The fourth-order valence-corrected chi connectivity index (χ4v) is 1.32. The molecule has 0 aliphatic heterocycles. The Kier molecular flexibility index (Phi) is 3.34. The maximum atomic E-state index is 12.5. The lowest BCUT2D eigenvalue weighted by molar-refractivity contribution is 0.539. The Bertz CT molecular complexity index is 168. The van der Waals surface area contributed by atoms with Crippen molar-refractivity contribution < 1.29 is 4.39 Å². The molecule has 1 unspecified atom stereocenters. The Labute approximate surface area is 67.8 Å². The second kappa shape index (κ2) is 4.32. The summed E-state index contributed by atoms with van der Waals surface area (Å²) >= 11 is 0. The van der Waals surface area contributed by atoms with Crippen LogP contribution >= 0.6 is 0 Å². The van der Waals surface area contributed by atoms with Crippen LogP contribution in [0.2, 0.25) is 0 Å². The maximum absolute atomic E-state index is 12.5. The van der Waals surface area contributed by atoms with Gasteiger partial charge in [0.1, 0.15) is 5.83 Å². The van der Waals surface area contributed by atoms with Gasteiger partial charge in [0.05, 0.1) is 0 Å². The molecule has 0 spiro atoms. The summed E-state index contributed by atoms with van der Waals surface area (Å²) in [7, 11) is 0. The molecule has 0 N–H and O–H groups in total. The first kappa shape index (κ1) is 8.51. The zero-order valence-electron chi connectivity index (χ0n) is 7.02. The summed E-state index contributed by atoms with van der Waals surface area (Å²) in [6, 6.07) is 0. The van der Waals surface area contributed by atoms with E-state index in [0.29, 0.717) is 5.92 Å². The van der Waals surface area contributed by atoms with Gasteiger partial charge in [-0.05, 0) is 30.9 Å². The van der Waals surface area contributed by atoms with Gasteiger partial charge >= 0.3 is 0 Å². The fraction of sp³-hybridized carbons (Fsp3) is 0.600. The molecular formula is C10H15F. The maximum Gasteiger partial charge on any atom is 0.118 e. The Morgan fingerprint density at radius 3 is 3.00 bits per heavy atom. The zero-order chi connectivity index (χ0) is 8.10. The number of unbranched alkanes of at least 4 members (excludes halogenated alkanes) is 1. The van der Waals surface area contributed by atoms with Crippen molar-refractivity contribution in [3.05, 3.63) is 24.1 Å². The van der Waals surface area contributed by atoms with Crippen molar-refractivity contribution in [3.63, 3.8) is 0 Å². The van der Waals surface area contributed by atoms with Crippen molar-refractivity contribution in [2.75, 3.05) is 0 Å². The number of allylic oxidation sites excluding steroid dienone is 4. The molecule has 0 aromatic rings. The van der Waals surface area contributed by atoms with Gasteiger partial charge in [0.2, 0.25) is 0 Å². The standard InChI is InChI=1S/C10H15F/c1-2-3-4-9-5-7-10(11)8-6-9/h5,7-9H,2-4,6H2,1H3. The summed E-state index contributed by atoms with van der Waals surface area (Å²) < 4.78 is 12.5. The highest BCUT2D eigenvalue weighted by Gasteiger charge is 2.06. The number of hydrogen-bond acceptors (Lipinski definition) is 0. The lowest BCUT2D eigenvalue weighted by atomic mass is 9.95. The molecule has 0 heterocycles. The average Bonchev–Trinajstić information content (AvgIpc) is 2.04. The molecule has 0 amide bonds. The molecule has 0 nitrogen and oxygen atoms in total. The van der Waals surface area contributed by atoms with Crippen LogP contribution in [0.4, 0.5) is 4.39 Å². The third kappa shape index (κ3) is 2.87. The smallest absolute Gasteiger partial charge is 0.118 e. The molecule has 0 saturated carbocycles. The minimum Gasteiger partial charge on any atom is -0.207 e. The topological polar surface area (TPSA) is 0 Å². The van der Waals surface area contributed by atoms with Crippen molar-refractivity contribution in [1.29, 1.82) is 0 Å². The molecule has 1 atom stereocenters. The summed E-state index contributed by atoms with van der Waals surface area (Å²) in [6.07, 6.45) is 9.84. The average molecular weight is 154 g/mol. The highest BCUT2D eigenvalue weighted by atomic mass is 19.1. The van der Waals surface area contributed by atoms with Crippen LogP contribution in [-0.4, -0.2) is 0 Å². The first-order chi connectivity index (χ1) is 5.33. The normalized spacial score (nSPS) is 23.5. The van der Waals surface area contributed by atoms with E-state index >= 15 is 0 Å². The van der Waals surface area contributed by atoms with Gasteiger partial charge in [-0.25, -0.2) is 4.39 Å². The predicted octanol–water partition coefficient (Wildman–Crippen LogP) is 3.61. The molecule has 0 fully saturated rings. The second-order valence-electron chi connectivity index (χ2n) is 3.09. The fourth-order valence-electron chi connectivity index (χ4n) is 1.32. The van der Waals surface area contributed by atoms with Crippen molar-refractivity contribution in [2.24, 2.45) is 5.92 Å². The third-order valence-electron chi connectivity index (χ3n) is 2.07. The summed E-state index contributed by atoms with van der Waals surface area (Å²) in [4.78, 5) is 0. The van der Waals surface area contributed by atoms with Gasteiger partial charge in [0.15, 0.2) is 0 Å². The van der Waals surface area contributed by atoms with Gasteiger partial charge in [-0.3, -0.25) is 0 Å². The van der Waals surface area contributed by atoms with E-state index in [2.05, 4.69) is 6.92 Å². The van der Waals surface area contributed by atoms with Crippen LogP contribution < -0.4 is 0 Å². The van der Waals surface area contributed by atoms with Crippen LogP contribution in [0.1, 0.15) is 32.6 Å². The quantitative estimate of drug-likeness (QED) is 0.582. The van der Waals surface area contributed by atoms with Gasteiger partial charge < -0.3 is 0 Å². The predicted molar refractivity (Wildman–Crippen MR) is 46.0 cm³/mol. The lowest BCUT2D eigenvalue weighted by Crippen LogP contribution is -1.98. The van der Waals surface area contributed by atoms with Gasteiger partial charge in [-0.15, -0.1) is 0 Å². The minimum atomic E-state index is -0.0715. The van der Waals surface area contributed by atoms with Crippen molar-refractivity contribution >= 4 is 0 Å². The molecule has 0 aromatic heterocycles. The van der Waals surface area contributed by atoms with Gasteiger partial charge in [0.25, 0.3) is 0 Å². The molecule has 1 heteroatoms. The summed E-state index contributed by atoms with van der Waals surface area (Å²) in [5.74, 6) is 0.521. The van der Waals surface area contributed by atoms with Crippen LogP contribution in [0.15, 0.2) is 24.1 Å². The van der Waals surface area contributed by atoms with Crippen LogP contribution in [-0.2, 0) is 0 Å². The van der Waals surface area contributed by atoms with Crippen LogP contribution in [0, 0.1) is 5.92 Å². The monoisotopic (exact) mass is 154 g/mol. The molecule has 1 rings (SSSR count). The molecule has 1 aliphatic rings. The van der Waals surface area contributed by atoms with E-state index in [4.69, 9.17) is 0 Å². The molecule has 1 aliphatic carbocycles. The number of rotatable bonds is 3. The van der Waals surface area contributed by atoms with E-state index in [0.717, 1.165) is 6.42 Å². The largest absolute Gasteiger partial charge is 0.207 e. The SMILES string of the molecule is CCCCC1C=CC(F)=CC1. The molecule has 0 radical (unpaired) electrons. The van der Waals surface area contributed by atoms with Gasteiger partial charge in [0, 0.05) is 0 Å². The Morgan fingerprint density at radius 1 is 1.64 bits per heavy atom.